The normalized spacial score (nSPS) is 21.0. The average Bonchev–Trinajstić information content (AvgIpc) is 2.35. The molecule has 0 saturated carbocycles. The zero-order chi connectivity index (χ0) is 13.3. The van der Waals surface area contributed by atoms with Crippen LogP contribution in [0.25, 0.3) is 5.57 Å². The van der Waals surface area contributed by atoms with Crippen LogP contribution in [-0.2, 0) is 5.41 Å². The molecule has 0 aromatic heterocycles. The summed E-state index contributed by atoms with van der Waals surface area (Å²) in [7, 11) is 0. The first-order valence-electron chi connectivity index (χ1n) is 6.58. The summed E-state index contributed by atoms with van der Waals surface area (Å²) in [4.78, 5) is 0. The van der Waals surface area contributed by atoms with Crippen molar-refractivity contribution < 1.29 is 0 Å². The number of hydrogen-bond donors (Lipinski definition) is 0. The Morgan fingerprint density at radius 1 is 1.28 bits per heavy atom. The Morgan fingerprint density at radius 2 is 1.94 bits per heavy atom. The van der Waals surface area contributed by atoms with Crippen molar-refractivity contribution in [3.05, 3.63) is 65.3 Å². The maximum absolute atomic E-state index is 4.29. The van der Waals surface area contributed by atoms with Crippen LogP contribution in [0, 0.1) is 0 Å². The van der Waals surface area contributed by atoms with Crippen LogP contribution in [0.1, 0.15) is 45.2 Å². The van der Waals surface area contributed by atoms with Crippen LogP contribution >= 0.6 is 0 Å². The Balaban J connectivity index is 2.56. The van der Waals surface area contributed by atoms with Crippen molar-refractivity contribution >= 4 is 5.57 Å². The summed E-state index contributed by atoms with van der Waals surface area (Å²) in [5.74, 6) is 0. The van der Waals surface area contributed by atoms with Crippen molar-refractivity contribution in [1.82, 2.24) is 0 Å². The SMILES string of the molecule is C=C1/C(=C\C(C)=C/C)CC(C)(C)c2ccccc21. The molecule has 1 aliphatic carbocycles. The number of fused-ring (bicyclic) bond motifs is 1. The summed E-state index contributed by atoms with van der Waals surface area (Å²) >= 11 is 0. The minimum absolute atomic E-state index is 0.192. The van der Waals surface area contributed by atoms with Crippen LogP contribution in [0.5, 0.6) is 0 Å². The molecule has 0 N–H and O–H groups in total. The van der Waals surface area contributed by atoms with Crippen molar-refractivity contribution in [2.75, 3.05) is 0 Å². The molecule has 0 nitrogen and oxygen atoms in total. The van der Waals surface area contributed by atoms with Gasteiger partial charge >= 0.3 is 0 Å². The highest BCUT2D eigenvalue weighted by molar-refractivity contribution is 5.82. The van der Waals surface area contributed by atoms with E-state index in [1.54, 1.807) is 0 Å². The van der Waals surface area contributed by atoms with Crippen LogP contribution in [0.4, 0.5) is 0 Å². The van der Waals surface area contributed by atoms with Gasteiger partial charge in [-0.1, -0.05) is 62.4 Å². The average molecular weight is 238 g/mol. The molecule has 0 unspecified atom stereocenters. The lowest BCUT2D eigenvalue weighted by Gasteiger charge is -2.35. The summed E-state index contributed by atoms with van der Waals surface area (Å²) in [6, 6.07) is 8.66. The number of allylic oxidation sites excluding steroid dienone is 5. The van der Waals surface area contributed by atoms with Crippen LogP contribution in [-0.4, -0.2) is 0 Å². The largest absolute Gasteiger partial charge is 0.0909 e. The molecule has 2 rings (SSSR count). The van der Waals surface area contributed by atoms with Crippen molar-refractivity contribution in [3.63, 3.8) is 0 Å². The summed E-state index contributed by atoms with van der Waals surface area (Å²) < 4.78 is 0. The van der Waals surface area contributed by atoms with E-state index in [2.05, 4.69) is 70.7 Å². The van der Waals surface area contributed by atoms with E-state index in [1.165, 1.54) is 27.8 Å². The van der Waals surface area contributed by atoms with Crippen LogP contribution in [0.2, 0.25) is 0 Å². The third-order valence-corrected chi connectivity index (χ3v) is 3.86. The van der Waals surface area contributed by atoms with E-state index in [-0.39, 0.29) is 5.41 Å². The molecule has 94 valence electrons. The molecule has 18 heavy (non-hydrogen) atoms. The molecule has 1 aromatic rings. The Hall–Kier alpha value is -1.56. The van der Waals surface area contributed by atoms with Crippen molar-refractivity contribution in [1.29, 1.82) is 0 Å². The smallest absolute Gasteiger partial charge is 0.00569 e. The van der Waals surface area contributed by atoms with Gasteiger partial charge in [-0.15, -0.1) is 0 Å². The van der Waals surface area contributed by atoms with Gasteiger partial charge in [-0.3, -0.25) is 0 Å². The Bertz CT molecular complexity index is 539. The van der Waals surface area contributed by atoms with Gasteiger partial charge in [-0.05, 0) is 48.0 Å². The van der Waals surface area contributed by atoms with Crippen LogP contribution in [0.3, 0.4) is 0 Å². The summed E-state index contributed by atoms with van der Waals surface area (Å²) in [6.45, 7) is 13.2. The van der Waals surface area contributed by atoms with Gasteiger partial charge < -0.3 is 0 Å². The lowest BCUT2D eigenvalue weighted by Crippen LogP contribution is -2.24. The fourth-order valence-corrected chi connectivity index (χ4v) is 2.68. The van der Waals surface area contributed by atoms with Gasteiger partial charge in [-0.2, -0.15) is 0 Å². The molecule has 1 aromatic carbocycles. The minimum Gasteiger partial charge on any atom is -0.0909 e. The van der Waals surface area contributed by atoms with Crippen molar-refractivity contribution in [2.24, 2.45) is 0 Å². The quantitative estimate of drug-likeness (QED) is 0.625. The van der Waals surface area contributed by atoms with E-state index in [9.17, 15) is 0 Å². The van der Waals surface area contributed by atoms with Gasteiger partial charge in [0.1, 0.15) is 0 Å². The summed E-state index contributed by atoms with van der Waals surface area (Å²) in [6.07, 6.45) is 5.49. The molecule has 0 heterocycles. The van der Waals surface area contributed by atoms with Gasteiger partial charge in [0.15, 0.2) is 0 Å². The van der Waals surface area contributed by atoms with E-state index in [0.717, 1.165) is 6.42 Å². The van der Waals surface area contributed by atoms with Crippen molar-refractivity contribution in [2.45, 2.75) is 39.5 Å². The molecule has 1 aliphatic rings. The molecule has 0 amide bonds. The van der Waals surface area contributed by atoms with E-state index < -0.39 is 0 Å². The third-order valence-electron chi connectivity index (χ3n) is 3.86. The Labute approximate surface area is 111 Å². The second-order valence-corrected chi connectivity index (χ2v) is 5.79. The van der Waals surface area contributed by atoms with Gasteiger partial charge in [-0.25, -0.2) is 0 Å². The zero-order valence-corrected chi connectivity index (χ0v) is 11.9. The molecule has 0 spiro atoms. The number of rotatable bonds is 1. The van der Waals surface area contributed by atoms with E-state index in [4.69, 9.17) is 0 Å². The predicted molar refractivity (Wildman–Crippen MR) is 80.6 cm³/mol. The molecular formula is C18H22. The third kappa shape index (κ3) is 2.20. The highest BCUT2D eigenvalue weighted by atomic mass is 14.3. The molecule has 0 saturated heterocycles. The molecular weight excluding hydrogens is 216 g/mol. The second kappa shape index (κ2) is 4.61. The zero-order valence-electron chi connectivity index (χ0n) is 11.9. The first-order valence-corrected chi connectivity index (χ1v) is 6.58. The Kier molecular flexibility index (Phi) is 3.30. The Morgan fingerprint density at radius 3 is 2.61 bits per heavy atom. The molecule has 0 bridgehead atoms. The lowest BCUT2D eigenvalue weighted by molar-refractivity contribution is 0.516. The summed E-state index contributed by atoms with van der Waals surface area (Å²) in [5.41, 5.74) is 6.79. The monoisotopic (exact) mass is 238 g/mol. The second-order valence-electron chi connectivity index (χ2n) is 5.79. The highest BCUT2D eigenvalue weighted by Crippen LogP contribution is 2.44. The highest BCUT2D eigenvalue weighted by Gasteiger charge is 2.31. The maximum atomic E-state index is 4.29. The molecule has 0 radical (unpaired) electrons. The van der Waals surface area contributed by atoms with Crippen molar-refractivity contribution in [3.8, 4) is 0 Å². The van der Waals surface area contributed by atoms with Gasteiger partial charge in [0.05, 0.1) is 0 Å². The predicted octanol–water partition coefficient (Wildman–Crippen LogP) is 5.27. The van der Waals surface area contributed by atoms with Gasteiger partial charge in [0.2, 0.25) is 0 Å². The first kappa shape index (κ1) is 12.9. The van der Waals surface area contributed by atoms with E-state index in [1.807, 2.05) is 0 Å². The number of benzene rings is 1. The summed E-state index contributed by atoms with van der Waals surface area (Å²) in [5, 5.41) is 0. The van der Waals surface area contributed by atoms with Gasteiger partial charge in [0.25, 0.3) is 0 Å². The van der Waals surface area contributed by atoms with E-state index in [0.29, 0.717) is 0 Å². The minimum atomic E-state index is 0.192. The number of hydrogen-bond acceptors (Lipinski definition) is 0. The molecule has 0 heteroatoms. The maximum Gasteiger partial charge on any atom is -0.00569 e. The van der Waals surface area contributed by atoms with Gasteiger partial charge in [0, 0.05) is 0 Å². The van der Waals surface area contributed by atoms with Crippen LogP contribution < -0.4 is 0 Å². The topological polar surface area (TPSA) is 0 Å². The molecule has 0 fully saturated rings. The van der Waals surface area contributed by atoms with E-state index >= 15 is 0 Å². The van der Waals surface area contributed by atoms with Crippen LogP contribution in [0.15, 0.2) is 54.1 Å². The lowest BCUT2D eigenvalue weighted by atomic mass is 9.69. The molecule has 0 atom stereocenters. The fourth-order valence-electron chi connectivity index (χ4n) is 2.68. The molecule has 0 aliphatic heterocycles. The fraction of sp³-hybridized carbons (Fsp3) is 0.333. The standard InChI is InChI=1S/C18H22/c1-6-13(2)11-15-12-18(4,5)17-10-8-7-9-16(17)14(15)3/h6-11H,3,12H2,1-2,4-5H3/b13-6-,15-11-. The first-order chi connectivity index (χ1) is 8.45.